The quantitative estimate of drug-likeness (QED) is 0.674. The van der Waals surface area contributed by atoms with Crippen LogP contribution in [0, 0.1) is 0 Å². The van der Waals surface area contributed by atoms with Gasteiger partial charge < -0.3 is 19.2 Å². The zero-order valence-electron chi connectivity index (χ0n) is 11.0. The molecule has 0 radical (unpaired) electrons. The Morgan fingerprint density at radius 1 is 1.35 bits per heavy atom. The molecule has 0 aromatic carbocycles. The van der Waals surface area contributed by atoms with E-state index in [1.165, 1.54) is 0 Å². The van der Waals surface area contributed by atoms with Crippen LogP contribution in [0.5, 0.6) is 0 Å². The van der Waals surface area contributed by atoms with Gasteiger partial charge in [0.15, 0.2) is 0 Å². The summed E-state index contributed by atoms with van der Waals surface area (Å²) in [6, 6.07) is 2.42. The van der Waals surface area contributed by atoms with Gasteiger partial charge in [0.1, 0.15) is 5.76 Å². The predicted octanol–water partition coefficient (Wildman–Crippen LogP) is 2.33. The molecular weight excluding hydrogens is 218 g/mol. The van der Waals surface area contributed by atoms with Gasteiger partial charge in [0.2, 0.25) is 0 Å². The van der Waals surface area contributed by atoms with Gasteiger partial charge in [-0.1, -0.05) is 13.8 Å². The lowest BCUT2D eigenvalue weighted by molar-refractivity contribution is 0.0919. The van der Waals surface area contributed by atoms with E-state index in [4.69, 9.17) is 13.9 Å². The fraction of sp³-hybridized carbons (Fsp3) is 0.692. The molecule has 0 bridgehead atoms. The minimum Gasteiger partial charge on any atom is -0.468 e. The highest BCUT2D eigenvalue weighted by atomic mass is 16.5. The Kier molecular flexibility index (Phi) is 6.93. The summed E-state index contributed by atoms with van der Waals surface area (Å²) in [6.45, 7) is 7.05. The number of rotatable bonds is 9. The molecule has 0 spiro atoms. The molecule has 1 N–H and O–H groups in total. The molecule has 0 fully saturated rings. The third kappa shape index (κ3) is 5.86. The Bertz CT molecular complexity index is 297. The highest BCUT2D eigenvalue weighted by Gasteiger charge is 2.06. The molecule has 4 nitrogen and oxygen atoms in total. The lowest BCUT2D eigenvalue weighted by Crippen LogP contribution is -2.22. The summed E-state index contributed by atoms with van der Waals surface area (Å²) in [4.78, 5) is 0. The van der Waals surface area contributed by atoms with Gasteiger partial charge in [0.25, 0.3) is 0 Å². The molecule has 0 aliphatic heterocycles. The second-order valence-electron chi connectivity index (χ2n) is 4.30. The largest absolute Gasteiger partial charge is 0.468 e. The van der Waals surface area contributed by atoms with Crippen molar-refractivity contribution in [2.45, 2.75) is 39.5 Å². The van der Waals surface area contributed by atoms with E-state index in [2.05, 4.69) is 19.2 Å². The Morgan fingerprint density at radius 3 is 2.88 bits per heavy atom. The summed E-state index contributed by atoms with van der Waals surface area (Å²) in [6.07, 6.45) is 2.64. The third-order valence-corrected chi connectivity index (χ3v) is 2.40. The van der Waals surface area contributed by atoms with Crippen LogP contribution in [0.15, 0.2) is 16.7 Å². The molecule has 0 saturated heterocycles. The van der Waals surface area contributed by atoms with Crippen LogP contribution >= 0.6 is 0 Å². The van der Waals surface area contributed by atoms with Crippen LogP contribution in [0.1, 0.15) is 31.6 Å². The molecule has 0 saturated carbocycles. The van der Waals surface area contributed by atoms with Crippen molar-refractivity contribution in [3.05, 3.63) is 23.7 Å². The Morgan fingerprint density at radius 2 is 2.18 bits per heavy atom. The molecule has 4 heteroatoms. The monoisotopic (exact) mass is 241 g/mol. The average Bonchev–Trinajstić information content (AvgIpc) is 2.73. The highest BCUT2D eigenvalue weighted by molar-refractivity contribution is 5.15. The molecule has 1 aromatic rings. The molecule has 0 aliphatic rings. The Labute approximate surface area is 103 Å². The minimum atomic E-state index is 0.454. The normalized spacial score (nSPS) is 11.3. The highest BCUT2D eigenvalue weighted by Crippen LogP contribution is 2.12. The number of methoxy groups -OCH3 is 1. The molecule has 0 aliphatic carbocycles. The molecule has 0 atom stereocenters. The van der Waals surface area contributed by atoms with Crippen molar-refractivity contribution in [1.82, 2.24) is 5.32 Å². The summed E-state index contributed by atoms with van der Waals surface area (Å²) in [5, 5.41) is 3.33. The van der Waals surface area contributed by atoms with Crippen LogP contribution in [-0.4, -0.2) is 26.4 Å². The lowest BCUT2D eigenvalue weighted by Gasteiger charge is -2.08. The average molecular weight is 241 g/mol. The first-order valence-electron chi connectivity index (χ1n) is 6.09. The van der Waals surface area contributed by atoms with Gasteiger partial charge >= 0.3 is 0 Å². The maximum absolute atomic E-state index is 5.56. The lowest BCUT2D eigenvalue weighted by atomic mass is 10.2. The zero-order valence-corrected chi connectivity index (χ0v) is 11.0. The predicted molar refractivity (Wildman–Crippen MR) is 66.8 cm³/mol. The standard InChI is InChI=1S/C13H23NO3/c1-11(2)14-9-13-12(5-8-17-13)10-16-7-4-6-15-3/h5,8,11,14H,4,6-7,9-10H2,1-3H3. The fourth-order valence-corrected chi connectivity index (χ4v) is 1.43. The van der Waals surface area contributed by atoms with E-state index in [0.717, 1.165) is 37.5 Å². The molecule has 1 heterocycles. The molecule has 0 unspecified atom stereocenters. The number of hydrogen-bond donors (Lipinski definition) is 1. The molecule has 98 valence electrons. The first-order valence-corrected chi connectivity index (χ1v) is 6.09. The summed E-state index contributed by atoms with van der Waals surface area (Å²) in [5.74, 6) is 0.963. The van der Waals surface area contributed by atoms with Crippen molar-refractivity contribution < 1.29 is 13.9 Å². The third-order valence-electron chi connectivity index (χ3n) is 2.40. The van der Waals surface area contributed by atoms with E-state index in [1.54, 1.807) is 13.4 Å². The summed E-state index contributed by atoms with van der Waals surface area (Å²) in [5.41, 5.74) is 1.12. The molecule has 17 heavy (non-hydrogen) atoms. The molecule has 0 amide bonds. The summed E-state index contributed by atoms with van der Waals surface area (Å²) >= 11 is 0. The number of ether oxygens (including phenoxy) is 2. The van der Waals surface area contributed by atoms with Gasteiger partial charge in [0, 0.05) is 31.9 Å². The van der Waals surface area contributed by atoms with Crippen LogP contribution in [0.25, 0.3) is 0 Å². The van der Waals surface area contributed by atoms with Crippen molar-refractivity contribution in [3.63, 3.8) is 0 Å². The van der Waals surface area contributed by atoms with Crippen LogP contribution in [0.3, 0.4) is 0 Å². The van der Waals surface area contributed by atoms with E-state index < -0.39 is 0 Å². The van der Waals surface area contributed by atoms with Crippen molar-refractivity contribution in [1.29, 1.82) is 0 Å². The Balaban J connectivity index is 2.25. The van der Waals surface area contributed by atoms with E-state index in [-0.39, 0.29) is 0 Å². The van der Waals surface area contributed by atoms with E-state index in [9.17, 15) is 0 Å². The van der Waals surface area contributed by atoms with Gasteiger partial charge in [-0.05, 0) is 12.5 Å². The van der Waals surface area contributed by atoms with Crippen molar-refractivity contribution in [2.75, 3.05) is 20.3 Å². The maximum atomic E-state index is 5.56. The van der Waals surface area contributed by atoms with E-state index in [1.807, 2.05) is 6.07 Å². The molecule has 1 aromatic heterocycles. The van der Waals surface area contributed by atoms with Gasteiger partial charge in [-0.3, -0.25) is 0 Å². The van der Waals surface area contributed by atoms with Crippen LogP contribution in [0.4, 0.5) is 0 Å². The van der Waals surface area contributed by atoms with Crippen LogP contribution < -0.4 is 5.32 Å². The summed E-state index contributed by atoms with van der Waals surface area (Å²) < 4.78 is 15.9. The second-order valence-corrected chi connectivity index (χ2v) is 4.30. The van der Waals surface area contributed by atoms with Gasteiger partial charge in [0.05, 0.1) is 19.4 Å². The van der Waals surface area contributed by atoms with E-state index >= 15 is 0 Å². The molecule has 1 rings (SSSR count). The van der Waals surface area contributed by atoms with Crippen molar-refractivity contribution >= 4 is 0 Å². The first-order chi connectivity index (χ1) is 8.24. The smallest absolute Gasteiger partial charge is 0.123 e. The number of furan rings is 1. The minimum absolute atomic E-state index is 0.454. The number of nitrogens with one attached hydrogen (secondary N) is 1. The Hall–Kier alpha value is -0.840. The van der Waals surface area contributed by atoms with Gasteiger partial charge in [-0.15, -0.1) is 0 Å². The van der Waals surface area contributed by atoms with Gasteiger partial charge in [-0.25, -0.2) is 0 Å². The van der Waals surface area contributed by atoms with Crippen LogP contribution in [-0.2, 0) is 22.6 Å². The number of hydrogen-bond acceptors (Lipinski definition) is 4. The second kappa shape index (κ2) is 8.28. The maximum Gasteiger partial charge on any atom is 0.123 e. The first kappa shape index (κ1) is 14.2. The van der Waals surface area contributed by atoms with E-state index in [0.29, 0.717) is 12.6 Å². The summed E-state index contributed by atoms with van der Waals surface area (Å²) in [7, 11) is 1.70. The van der Waals surface area contributed by atoms with Crippen molar-refractivity contribution in [3.8, 4) is 0 Å². The van der Waals surface area contributed by atoms with Crippen molar-refractivity contribution in [2.24, 2.45) is 0 Å². The van der Waals surface area contributed by atoms with Gasteiger partial charge in [-0.2, -0.15) is 0 Å². The zero-order chi connectivity index (χ0) is 12.5. The van der Waals surface area contributed by atoms with Crippen LogP contribution in [0.2, 0.25) is 0 Å². The SMILES string of the molecule is COCCCOCc1ccoc1CNC(C)C. The fourth-order valence-electron chi connectivity index (χ4n) is 1.43. The topological polar surface area (TPSA) is 43.6 Å². The molecular formula is C13H23NO3.